The van der Waals surface area contributed by atoms with Gasteiger partial charge in [0.15, 0.2) is 0 Å². The first-order valence-corrected chi connectivity index (χ1v) is 10.0. The second kappa shape index (κ2) is 8.19. The number of sulfonamides is 1. The van der Waals surface area contributed by atoms with Gasteiger partial charge in [-0.1, -0.05) is 41.9 Å². The Bertz CT molecular complexity index is 906. The Morgan fingerprint density at radius 1 is 1.19 bits per heavy atom. The molecule has 1 unspecified atom stereocenters. The van der Waals surface area contributed by atoms with Gasteiger partial charge in [0, 0.05) is 18.1 Å². The van der Waals surface area contributed by atoms with Gasteiger partial charge in [-0.25, -0.2) is 13.1 Å². The first-order chi connectivity index (χ1) is 12.1. The molecule has 5 nitrogen and oxygen atoms in total. The summed E-state index contributed by atoms with van der Waals surface area (Å²) in [6.07, 6.45) is 0. The minimum absolute atomic E-state index is 0.0188. The summed E-state index contributed by atoms with van der Waals surface area (Å²) < 4.78 is 27.6. The van der Waals surface area contributed by atoms with Gasteiger partial charge in [-0.15, -0.1) is 0 Å². The largest absolute Gasteiger partial charge is 0.304 e. The molecule has 0 amide bonds. The van der Waals surface area contributed by atoms with Crippen LogP contribution < -0.4 is 10.0 Å². The fourth-order valence-electron chi connectivity index (χ4n) is 2.58. The molecule has 2 aromatic carbocycles. The van der Waals surface area contributed by atoms with Crippen LogP contribution in [0.15, 0.2) is 53.4 Å². The van der Waals surface area contributed by atoms with Crippen LogP contribution in [-0.4, -0.2) is 20.5 Å². The van der Waals surface area contributed by atoms with Gasteiger partial charge in [-0.2, -0.15) is 5.26 Å². The molecule has 0 saturated carbocycles. The van der Waals surface area contributed by atoms with Crippen LogP contribution in [-0.2, 0) is 10.0 Å². The number of nitrogens with one attached hydrogen (secondary N) is 2. The molecule has 0 aliphatic rings. The summed E-state index contributed by atoms with van der Waals surface area (Å²) >= 11 is 5.86. The van der Waals surface area contributed by atoms with Crippen molar-refractivity contribution < 1.29 is 8.42 Å². The molecule has 26 heavy (non-hydrogen) atoms. The van der Waals surface area contributed by atoms with Crippen molar-refractivity contribution >= 4 is 21.6 Å². The average molecular weight is 392 g/mol. The van der Waals surface area contributed by atoms with Gasteiger partial charge in [-0.05, 0) is 44.5 Å². The van der Waals surface area contributed by atoms with E-state index in [1.807, 2.05) is 57.2 Å². The zero-order valence-corrected chi connectivity index (χ0v) is 16.5. The van der Waals surface area contributed by atoms with Crippen molar-refractivity contribution in [1.82, 2.24) is 10.0 Å². The fraction of sp³-hybridized carbons (Fsp3) is 0.316. The Morgan fingerprint density at radius 3 is 2.46 bits per heavy atom. The second-order valence-electron chi connectivity index (χ2n) is 6.74. The third-order valence-electron chi connectivity index (χ3n) is 3.98. The van der Waals surface area contributed by atoms with E-state index < -0.39 is 15.6 Å². The fourth-order valence-corrected chi connectivity index (χ4v) is 3.98. The monoisotopic (exact) mass is 391 g/mol. The van der Waals surface area contributed by atoms with E-state index in [1.165, 1.54) is 18.2 Å². The van der Waals surface area contributed by atoms with Crippen LogP contribution in [0.4, 0.5) is 0 Å². The molecule has 2 N–H and O–H groups in total. The number of nitriles is 1. The van der Waals surface area contributed by atoms with E-state index in [0.29, 0.717) is 0 Å². The highest BCUT2D eigenvalue weighted by molar-refractivity contribution is 7.89. The number of hydrogen-bond donors (Lipinski definition) is 2. The SMILES string of the molecule is CC(NC(C)(C)CNS(=O)(=O)c1ccc(Cl)c(C#N)c1)c1ccccc1. The summed E-state index contributed by atoms with van der Waals surface area (Å²) in [6, 6.07) is 16.0. The number of benzene rings is 2. The number of nitrogens with zero attached hydrogens (tertiary/aromatic N) is 1. The molecular formula is C19H22ClN3O2S. The lowest BCUT2D eigenvalue weighted by Gasteiger charge is -2.30. The Balaban J connectivity index is 2.07. The van der Waals surface area contributed by atoms with Crippen molar-refractivity contribution in [3.8, 4) is 6.07 Å². The molecule has 0 spiro atoms. The van der Waals surface area contributed by atoms with Crippen LogP contribution in [0.5, 0.6) is 0 Å². The summed E-state index contributed by atoms with van der Waals surface area (Å²) in [4.78, 5) is 0.0188. The van der Waals surface area contributed by atoms with Crippen LogP contribution in [0.3, 0.4) is 0 Å². The van der Waals surface area contributed by atoms with Gasteiger partial charge in [-0.3, -0.25) is 0 Å². The van der Waals surface area contributed by atoms with Gasteiger partial charge in [0.2, 0.25) is 10.0 Å². The quantitative estimate of drug-likeness (QED) is 0.755. The molecule has 2 aromatic rings. The van der Waals surface area contributed by atoms with Gasteiger partial charge in [0.05, 0.1) is 15.5 Å². The first-order valence-electron chi connectivity index (χ1n) is 8.16. The topological polar surface area (TPSA) is 82.0 Å². The minimum Gasteiger partial charge on any atom is -0.304 e. The molecule has 0 heterocycles. The summed E-state index contributed by atoms with van der Waals surface area (Å²) in [5.74, 6) is 0. The van der Waals surface area contributed by atoms with Gasteiger partial charge < -0.3 is 5.32 Å². The van der Waals surface area contributed by atoms with E-state index >= 15 is 0 Å². The molecule has 0 fully saturated rings. The van der Waals surface area contributed by atoms with E-state index in [0.717, 1.165) is 5.56 Å². The Kier molecular flexibility index (Phi) is 6.43. The van der Waals surface area contributed by atoms with Gasteiger partial charge in [0.25, 0.3) is 0 Å². The van der Waals surface area contributed by atoms with Gasteiger partial charge in [0.1, 0.15) is 6.07 Å². The van der Waals surface area contributed by atoms with Crippen molar-refractivity contribution in [1.29, 1.82) is 5.26 Å². The number of rotatable bonds is 7. The summed E-state index contributed by atoms with van der Waals surface area (Å²) in [6.45, 7) is 6.08. The minimum atomic E-state index is -3.74. The Morgan fingerprint density at radius 2 is 1.85 bits per heavy atom. The predicted molar refractivity (Wildman–Crippen MR) is 103 cm³/mol. The maximum atomic E-state index is 12.5. The molecule has 0 saturated heterocycles. The maximum absolute atomic E-state index is 12.5. The molecular weight excluding hydrogens is 370 g/mol. The predicted octanol–water partition coefficient (Wildman–Crippen LogP) is 3.62. The van der Waals surface area contributed by atoms with Crippen LogP contribution in [0.25, 0.3) is 0 Å². The van der Waals surface area contributed by atoms with E-state index in [-0.39, 0.29) is 28.1 Å². The molecule has 138 valence electrons. The third-order valence-corrected chi connectivity index (χ3v) is 5.71. The Labute approximate surface area is 160 Å². The zero-order valence-electron chi connectivity index (χ0n) is 15.0. The lowest BCUT2D eigenvalue weighted by molar-refractivity contribution is 0.346. The molecule has 0 bridgehead atoms. The molecule has 0 aromatic heterocycles. The standard InChI is InChI=1S/C19H22ClN3O2S/c1-14(15-7-5-4-6-8-15)23-19(2,3)13-22-26(24,25)17-9-10-18(20)16(11-17)12-21/h4-11,14,22-23H,13H2,1-3H3. The van der Waals surface area contributed by atoms with E-state index in [4.69, 9.17) is 16.9 Å². The van der Waals surface area contributed by atoms with Crippen LogP contribution in [0.2, 0.25) is 5.02 Å². The van der Waals surface area contributed by atoms with Crippen molar-refractivity contribution in [2.24, 2.45) is 0 Å². The van der Waals surface area contributed by atoms with Crippen LogP contribution in [0, 0.1) is 11.3 Å². The Hall–Kier alpha value is -1.91. The van der Waals surface area contributed by atoms with Crippen molar-refractivity contribution in [3.63, 3.8) is 0 Å². The summed E-state index contributed by atoms with van der Waals surface area (Å²) in [5, 5.41) is 12.7. The van der Waals surface area contributed by atoms with Crippen molar-refractivity contribution in [3.05, 3.63) is 64.7 Å². The highest BCUT2D eigenvalue weighted by Gasteiger charge is 2.24. The number of hydrogen-bond acceptors (Lipinski definition) is 4. The van der Waals surface area contributed by atoms with Crippen molar-refractivity contribution in [2.45, 2.75) is 37.2 Å². The van der Waals surface area contributed by atoms with Crippen LogP contribution in [0.1, 0.15) is 37.9 Å². The molecule has 0 aliphatic heterocycles. The lowest BCUT2D eigenvalue weighted by Crippen LogP contribution is -2.49. The lowest BCUT2D eigenvalue weighted by atomic mass is 10.0. The summed E-state index contributed by atoms with van der Waals surface area (Å²) in [5.41, 5.74) is 0.775. The molecule has 7 heteroatoms. The normalized spacial score (nSPS) is 13.2. The average Bonchev–Trinajstić information content (AvgIpc) is 2.61. The highest BCUT2D eigenvalue weighted by Crippen LogP contribution is 2.20. The number of halogens is 1. The summed E-state index contributed by atoms with van der Waals surface area (Å²) in [7, 11) is -3.74. The first kappa shape index (κ1) is 20.4. The van der Waals surface area contributed by atoms with E-state index in [9.17, 15) is 8.42 Å². The van der Waals surface area contributed by atoms with Crippen molar-refractivity contribution in [2.75, 3.05) is 6.54 Å². The van der Waals surface area contributed by atoms with Gasteiger partial charge >= 0.3 is 0 Å². The second-order valence-corrected chi connectivity index (χ2v) is 8.91. The molecule has 0 radical (unpaired) electrons. The molecule has 1 atom stereocenters. The van der Waals surface area contributed by atoms with E-state index in [2.05, 4.69) is 10.0 Å². The molecule has 0 aliphatic carbocycles. The van der Waals surface area contributed by atoms with E-state index in [1.54, 1.807) is 0 Å². The highest BCUT2D eigenvalue weighted by atomic mass is 35.5. The third kappa shape index (κ3) is 5.29. The smallest absolute Gasteiger partial charge is 0.240 e. The maximum Gasteiger partial charge on any atom is 0.240 e. The zero-order chi connectivity index (χ0) is 19.4. The van der Waals surface area contributed by atoms with Crippen LogP contribution >= 0.6 is 11.6 Å². The molecule has 2 rings (SSSR count).